The second-order valence-corrected chi connectivity index (χ2v) is 10.9. The van der Waals surface area contributed by atoms with E-state index in [-0.39, 0.29) is 0 Å². The van der Waals surface area contributed by atoms with E-state index in [1.54, 1.807) is 0 Å². The van der Waals surface area contributed by atoms with Crippen molar-refractivity contribution in [3.8, 4) is 0 Å². The number of rotatable bonds is 19. The summed E-state index contributed by atoms with van der Waals surface area (Å²) in [7, 11) is 4.27. The molecule has 0 radical (unpaired) electrons. The molecule has 0 aliphatic carbocycles. The molecule has 0 fully saturated rings. The summed E-state index contributed by atoms with van der Waals surface area (Å²) in [6.07, 6.45) is 22.3. The second-order valence-electron chi connectivity index (χ2n) is 9.62. The third-order valence-corrected chi connectivity index (χ3v) is 7.80. The maximum atomic E-state index is 6.76. The average Bonchev–Trinajstić information content (AvgIpc) is 2.74. The van der Waals surface area contributed by atoms with Gasteiger partial charge in [-0.25, -0.2) is 0 Å². The Morgan fingerprint density at radius 2 is 0.967 bits per heavy atom. The maximum Gasteiger partial charge on any atom is 0.277 e. The van der Waals surface area contributed by atoms with Gasteiger partial charge in [0.15, 0.2) is 0 Å². The predicted octanol–water partition coefficient (Wildman–Crippen LogP) is 9.61. The lowest BCUT2D eigenvalue weighted by atomic mass is 10.0. The third kappa shape index (κ3) is 11.4. The van der Waals surface area contributed by atoms with E-state index in [9.17, 15) is 0 Å². The Kier molecular flexibility index (Phi) is 15.2. The molecule has 0 saturated carbocycles. The van der Waals surface area contributed by atoms with Gasteiger partial charge in [-0.1, -0.05) is 115 Å². The van der Waals surface area contributed by atoms with Crippen LogP contribution in [0.3, 0.4) is 0 Å². The fraction of sp³-hybridized carbons (Fsp3) is 0.778. The van der Waals surface area contributed by atoms with E-state index in [4.69, 9.17) is 23.2 Å². The van der Waals surface area contributed by atoms with E-state index in [0.717, 1.165) is 12.1 Å². The summed E-state index contributed by atoms with van der Waals surface area (Å²) in [5.41, 5.74) is 0.981. The van der Waals surface area contributed by atoms with Gasteiger partial charge in [0, 0.05) is 5.56 Å². The minimum atomic E-state index is -0.892. The highest BCUT2D eigenvalue weighted by molar-refractivity contribution is 6.46. The van der Waals surface area contributed by atoms with Crippen molar-refractivity contribution in [2.24, 2.45) is 0 Å². The van der Waals surface area contributed by atoms with Crippen LogP contribution in [0, 0.1) is 0 Å². The normalized spacial score (nSPS) is 12.4. The van der Waals surface area contributed by atoms with Crippen LogP contribution in [0.2, 0.25) is 0 Å². The minimum Gasteiger partial charge on any atom is -0.294 e. The molecule has 0 amide bonds. The summed E-state index contributed by atoms with van der Waals surface area (Å²) in [5.74, 6) is 0. The van der Waals surface area contributed by atoms with E-state index in [2.05, 4.69) is 21.0 Å². The Bertz CT molecular complexity index is 513. The van der Waals surface area contributed by atoms with Gasteiger partial charge in [0.25, 0.3) is 4.46 Å². The van der Waals surface area contributed by atoms with Crippen molar-refractivity contribution in [2.45, 2.75) is 114 Å². The molecule has 0 heterocycles. The van der Waals surface area contributed by atoms with E-state index in [1.165, 1.54) is 103 Å². The summed E-state index contributed by atoms with van der Waals surface area (Å²) in [5, 5.41) is 0. The SMILES string of the molecule is CCCCCCCCCCCCCCCCCC[N+](C)(C)C(Cl)(Cl)c1ccccc1. The van der Waals surface area contributed by atoms with Crippen molar-refractivity contribution >= 4 is 23.2 Å². The van der Waals surface area contributed by atoms with Crippen LogP contribution < -0.4 is 0 Å². The first-order valence-electron chi connectivity index (χ1n) is 12.7. The summed E-state index contributed by atoms with van der Waals surface area (Å²) in [4.78, 5) is 0. The fourth-order valence-corrected chi connectivity index (χ4v) is 4.60. The van der Waals surface area contributed by atoms with Gasteiger partial charge in [-0.15, -0.1) is 0 Å². The number of benzene rings is 1. The topological polar surface area (TPSA) is 0 Å². The summed E-state index contributed by atoms with van der Waals surface area (Å²) >= 11 is 13.5. The number of quaternary nitrogens is 1. The number of nitrogens with zero attached hydrogens (tertiary/aromatic N) is 1. The highest BCUT2D eigenvalue weighted by atomic mass is 35.5. The van der Waals surface area contributed by atoms with Gasteiger partial charge in [-0.05, 0) is 48.2 Å². The number of halogens is 2. The average molecular weight is 458 g/mol. The Labute approximate surface area is 198 Å². The van der Waals surface area contributed by atoms with Crippen molar-refractivity contribution in [2.75, 3.05) is 20.6 Å². The molecule has 3 heteroatoms. The third-order valence-electron chi connectivity index (χ3n) is 6.45. The van der Waals surface area contributed by atoms with Crippen LogP contribution in [0.15, 0.2) is 30.3 Å². The van der Waals surface area contributed by atoms with Gasteiger partial charge in [0.05, 0.1) is 20.6 Å². The molecule has 0 saturated heterocycles. The smallest absolute Gasteiger partial charge is 0.277 e. The molecule has 0 N–H and O–H groups in total. The molecule has 0 unspecified atom stereocenters. The standard InChI is InChI=1S/C27H48Cl2N/c1-4-5-6-7-8-9-10-11-12-13-14-15-16-17-18-22-25-30(2,3)27(28,29)26-23-20-19-21-24-26/h19-21,23-24H,4-18,22,25H2,1-3H3/q+1. The quantitative estimate of drug-likeness (QED) is 0.0839. The van der Waals surface area contributed by atoms with Crippen molar-refractivity contribution in [1.82, 2.24) is 0 Å². The molecule has 0 atom stereocenters. The first-order chi connectivity index (χ1) is 14.4. The Morgan fingerprint density at radius 1 is 0.600 bits per heavy atom. The van der Waals surface area contributed by atoms with E-state index < -0.39 is 4.46 Å². The lowest BCUT2D eigenvalue weighted by Crippen LogP contribution is -2.51. The largest absolute Gasteiger partial charge is 0.294 e. The predicted molar refractivity (Wildman–Crippen MR) is 136 cm³/mol. The minimum absolute atomic E-state index is 0.596. The number of unbranched alkanes of at least 4 members (excludes halogenated alkanes) is 15. The van der Waals surface area contributed by atoms with E-state index >= 15 is 0 Å². The van der Waals surface area contributed by atoms with Gasteiger partial charge >= 0.3 is 0 Å². The first-order valence-corrected chi connectivity index (χ1v) is 13.4. The van der Waals surface area contributed by atoms with Gasteiger partial charge < -0.3 is 0 Å². The van der Waals surface area contributed by atoms with Crippen LogP contribution in [0.25, 0.3) is 0 Å². The zero-order chi connectivity index (χ0) is 22.1. The number of hydrogen-bond acceptors (Lipinski definition) is 0. The molecule has 0 aromatic heterocycles. The van der Waals surface area contributed by atoms with Crippen molar-refractivity contribution < 1.29 is 4.48 Å². The highest BCUT2D eigenvalue weighted by Gasteiger charge is 2.43. The summed E-state index contributed by atoms with van der Waals surface area (Å²) in [6, 6.07) is 10.1. The van der Waals surface area contributed by atoms with Gasteiger partial charge in [0.1, 0.15) is 0 Å². The summed E-state index contributed by atoms with van der Waals surface area (Å²) < 4.78 is -0.296. The molecule has 1 aromatic carbocycles. The molecule has 0 aliphatic rings. The van der Waals surface area contributed by atoms with Crippen molar-refractivity contribution in [3.05, 3.63) is 35.9 Å². The molecular formula is C27H48Cl2N+. The lowest BCUT2D eigenvalue weighted by molar-refractivity contribution is -0.920. The Hall–Kier alpha value is -0.240. The molecule has 174 valence electrons. The van der Waals surface area contributed by atoms with Crippen LogP contribution in [0.5, 0.6) is 0 Å². The van der Waals surface area contributed by atoms with Gasteiger partial charge in [0.2, 0.25) is 0 Å². The lowest BCUT2D eigenvalue weighted by Gasteiger charge is -2.40. The van der Waals surface area contributed by atoms with Crippen LogP contribution in [-0.4, -0.2) is 25.1 Å². The van der Waals surface area contributed by atoms with Gasteiger partial charge in [-0.2, -0.15) is 0 Å². The zero-order valence-corrected chi connectivity index (χ0v) is 21.6. The Morgan fingerprint density at radius 3 is 1.37 bits per heavy atom. The maximum absolute atomic E-state index is 6.76. The first kappa shape index (κ1) is 27.8. The second kappa shape index (κ2) is 16.4. The highest BCUT2D eigenvalue weighted by Crippen LogP contribution is 2.41. The van der Waals surface area contributed by atoms with Crippen LogP contribution in [0.1, 0.15) is 115 Å². The molecule has 0 aliphatic heterocycles. The van der Waals surface area contributed by atoms with Crippen LogP contribution >= 0.6 is 23.2 Å². The zero-order valence-electron chi connectivity index (χ0n) is 20.1. The van der Waals surface area contributed by atoms with Crippen LogP contribution in [-0.2, 0) is 4.46 Å². The van der Waals surface area contributed by atoms with E-state index in [1.807, 2.05) is 30.3 Å². The monoisotopic (exact) mass is 456 g/mol. The van der Waals surface area contributed by atoms with Gasteiger partial charge in [-0.3, -0.25) is 4.48 Å². The number of alkyl halides is 2. The summed E-state index contributed by atoms with van der Waals surface area (Å²) in [6.45, 7) is 3.29. The van der Waals surface area contributed by atoms with Crippen molar-refractivity contribution in [1.29, 1.82) is 0 Å². The van der Waals surface area contributed by atoms with Crippen molar-refractivity contribution in [3.63, 3.8) is 0 Å². The van der Waals surface area contributed by atoms with Crippen LogP contribution in [0.4, 0.5) is 0 Å². The Balaban J connectivity index is 1.97. The molecule has 1 rings (SSSR count). The fourth-order valence-electron chi connectivity index (χ4n) is 4.18. The molecule has 0 spiro atoms. The number of hydrogen-bond donors (Lipinski definition) is 0. The molecule has 0 bridgehead atoms. The molecule has 30 heavy (non-hydrogen) atoms. The van der Waals surface area contributed by atoms with E-state index in [0.29, 0.717) is 4.48 Å². The molecular weight excluding hydrogens is 409 g/mol. The molecule has 1 aromatic rings. The molecule has 1 nitrogen and oxygen atoms in total.